The molecule has 0 fully saturated rings. The van der Waals surface area contributed by atoms with Gasteiger partial charge in [-0.3, -0.25) is 0 Å². The van der Waals surface area contributed by atoms with E-state index in [1.807, 2.05) is 0 Å². The third-order valence-electron chi connectivity index (χ3n) is 4.16. The molecule has 0 bridgehead atoms. The van der Waals surface area contributed by atoms with E-state index < -0.39 is 0 Å². The van der Waals surface area contributed by atoms with E-state index in [9.17, 15) is 0 Å². The molecule has 0 aliphatic heterocycles. The van der Waals surface area contributed by atoms with Gasteiger partial charge in [-0.15, -0.1) is 0 Å². The summed E-state index contributed by atoms with van der Waals surface area (Å²) in [5.74, 6) is 0. The second kappa shape index (κ2) is 4.38. The van der Waals surface area contributed by atoms with Gasteiger partial charge in [0.15, 0.2) is 0 Å². The van der Waals surface area contributed by atoms with Gasteiger partial charge in [0, 0.05) is 6.04 Å². The Morgan fingerprint density at radius 3 is 2.44 bits per heavy atom. The Balaban J connectivity index is 2.46. The van der Waals surface area contributed by atoms with Gasteiger partial charge >= 0.3 is 0 Å². The lowest BCUT2D eigenvalue weighted by atomic mass is 9.70. The molecule has 1 aromatic carbocycles. The first-order valence-corrected chi connectivity index (χ1v) is 7.03. The van der Waals surface area contributed by atoms with E-state index in [1.165, 1.54) is 29.5 Å². The molecule has 0 spiro atoms. The lowest BCUT2D eigenvalue weighted by Gasteiger charge is -2.38. The van der Waals surface area contributed by atoms with Crippen molar-refractivity contribution in [3.63, 3.8) is 0 Å². The lowest BCUT2D eigenvalue weighted by molar-refractivity contribution is 0.264. The van der Waals surface area contributed by atoms with Crippen molar-refractivity contribution in [3.05, 3.63) is 34.9 Å². The average molecular weight is 245 g/mol. The predicted octanol–water partition coefficient (Wildman–Crippen LogP) is 4.22. The van der Waals surface area contributed by atoms with Crippen molar-refractivity contribution >= 4 is 0 Å². The van der Waals surface area contributed by atoms with Crippen LogP contribution in [-0.4, -0.2) is 7.05 Å². The number of benzene rings is 1. The van der Waals surface area contributed by atoms with Gasteiger partial charge in [0.1, 0.15) is 0 Å². The number of hydrogen-bond donors (Lipinski definition) is 1. The van der Waals surface area contributed by atoms with Crippen LogP contribution in [0.3, 0.4) is 0 Å². The molecule has 1 N–H and O–H groups in total. The summed E-state index contributed by atoms with van der Waals surface area (Å²) in [4.78, 5) is 0. The molecule has 1 aliphatic carbocycles. The van der Waals surface area contributed by atoms with E-state index in [0.29, 0.717) is 11.5 Å². The highest BCUT2D eigenvalue weighted by Gasteiger charge is 2.32. The maximum atomic E-state index is 3.49. The maximum absolute atomic E-state index is 3.49. The fourth-order valence-corrected chi connectivity index (χ4v) is 3.05. The summed E-state index contributed by atoms with van der Waals surface area (Å²) >= 11 is 0. The topological polar surface area (TPSA) is 12.0 Å². The first-order valence-electron chi connectivity index (χ1n) is 7.03. The molecule has 18 heavy (non-hydrogen) atoms. The number of rotatable bonds is 1. The van der Waals surface area contributed by atoms with Gasteiger partial charge in [0.05, 0.1) is 0 Å². The molecule has 1 nitrogen and oxygen atoms in total. The molecule has 1 heteroatoms. The van der Waals surface area contributed by atoms with Crippen LogP contribution in [0.4, 0.5) is 0 Å². The van der Waals surface area contributed by atoms with Crippen LogP contribution in [0.25, 0.3) is 0 Å². The first kappa shape index (κ1) is 13.6. The van der Waals surface area contributed by atoms with Crippen LogP contribution >= 0.6 is 0 Å². The van der Waals surface area contributed by atoms with Crippen LogP contribution in [0.1, 0.15) is 63.8 Å². The Kier molecular flexibility index (Phi) is 3.31. The van der Waals surface area contributed by atoms with Gasteiger partial charge in [-0.1, -0.05) is 52.8 Å². The van der Waals surface area contributed by atoms with Crippen LogP contribution in [0, 0.1) is 5.41 Å². The smallest absolute Gasteiger partial charge is 0.0325 e. The van der Waals surface area contributed by atoms with E-state index in [-0.39, 0.29) is 5.41 Å². The second-order valence-electron chi connectivity index (χ2n) is 7.55. The van der Waals surface area contributed by atoms with E-state index in [4.69, 9.17) is 0 Å². The second-order valence-corrected chi connectivity index (χ2v) is 7.55. The molecule has 1 unspecified atom stereocenters. The molecule has 2 rings (SSSR count). The van der Waals surface area contributed by atoms with Crippen molar-refractivity contribution in [2.45, 2.75) is 58.9 Å². The van der Waals surface area contributed by atoms with E-state index in [1.54, 1.807) is 0 Å². The molecule has 0 aromatic heterocycles. The zero-order valence-corrected chi connectivity index (χ0v) is 12.7. The predicted molar refractivity (Wildman–Crippen MR) is 79.0 cm³/mol. The first-order chi connectivity index (χ1) is 8.23. The minimum atomic E-state index is 0.236. The van der Waals surface area contributed by atoms with E-state index in [0.717, 1.165) is 0 Å². The molecular weight excluding hydrogens is 218 g/mol. The molecule has 1 aliphatic rings. The summed E-state index contributed by atoms with van der Waals surface area (Å²) in [6, 6.07) is 7.59. The molecule has 1 aromatic rings. The highest BCUT2D eigenvalue weighted by molar-refractivity contribution is 5.39. The Morgan fingerprint density at radius 1 is 1.22 bits per heavy atom. The molecule has 0 radical (unpaired) electrons. The third kappa shape index (κ3) is 2.61. The molecular formula is C17H27N. The van der Waals surface area contributed by atoms with Crippen LogP contribution in [0.15, 0.2) is 18.2 Å². The Morgan fingerprint density at radius 2 is 1.89 bits per heavy atom. The summed E-state index contributed by atoms with van der Waals surface area (Å²) < 4.78 is 0. The standard InChI is InChI=1S/C17H27N/c1-16(2,3)13-8-7-12-10-17(4,5)11-15(18-6)14(12)9-13/h7-9,15,18H,10-11H2,1-6H3. The summed E-state index contributed by atoms with van der Waals surface area (Å²) in [7, 11) is 2.08. The Labute approximate surface area is 112 Å². The van der Waals surface area contributed by atoms with Crippen molar-refractivity contribution in [2.24, 2.45) is 5.41 Å². The number of hydrogen-bond acceptors (Lipinski definition) is 1. The molecule has 0 saturated heterocycles. The largest absolute Gasteiger partial charge is 0.313 e. The van der Waals surface area contributed by atoms with Crippen molar-refractivity contribution in [1.29, 1.82) is 0 Å². The summed E-state index contributed by atoms with van der Waals surface area (Å²) in [5, 5.41) is 3.49. The Bertz CT molecular complexity index is 437. The zero-order valence-electron chi connectivity index (χ0n) is 12.7. The summed E-state index contributed by atoms with van der Waals surface area (Å²) in [6.07, 6.45) is 2.43. The highest BCUT2D eigenvalue weighted by Crippen LogP contribution is 2.41. The monoisotopic (exact) mass is 245 g/mol. The van der Waals surface area contributed by atoms with Gasteiger partial charge in [0.2, 0.25) is 0 Å². The fourth-order valence-electron chi connectivity index (χ4n) is 3.05. The summed E-state index contributed by atoms with van der Waals surface area (Å²) in [5.41, 5.74) is 5.13. The van der Waals surface area contributed by atoms with Crippen LogP contribution in [0.2, 0.25) is 0 Å². The minimum Gasteiger partial charge on any atom is -0.313 e. The van der Waals surface area contributed by atoms with Gasteiger partial charge in [0.25, 0.3) is 0 Å². The minimum absolute atomic E-state index is 0.236. The van der Waals surface area contributed by atoms with Gasteiger partial charge in [-0.05, 0) is 47.4 Å². The number of fused-ring (bicyclic) bond motifs is 1. The van der Waals surface area contributed by atoms with Gasteiger partial charge < -0.3 is 5.32 Å². The van der Waals surface area contributed by atoms with Crippen LogP contribution < -0.4 is 5.32 Å². The van der Waals surface area contributed by atoms with Crippen molar-refractivity contribution in [1.82, 2.24) is 5.32 Å². The average Bonchev–Trinajstić information content (AvgIpc) is 2.24. The van der Waals surface area contributed by atoms with Gasteiger partial charge in [-0.25, -0.2) is 0 Å². The highest BCUT2D eigenvalue weighted by atomic mass is 14.9. The van der Waals surface area contributed by atoms with Crippen molar-refractivity contribution in [2.75, 3.05) is 7.05 Å². The maximum Gasteiger partial charge on any atom is 0.0325 e. The van der Waals surface area contributed by atoms with Crippen LogP contribution in [0.5, 0.6) is 0 Å². The van der Waals surface area contributed by atoms with Crippen LogP contribution in [-0.2, 0) is 11.8 Å². The SMILES string of the molecule is CNC1CC(C)(C)Cc2ccc(C(C)(C)C)cc21. The fraction of sp³-hybridized carbons (Fsp3) is 0.647. The van der Waals surface area contributed by atoms with Gasteiger partial charge in [-0.2, -0.15) is 0 Å². The number of nitrogens with one attached hydrogen (secondary N) is 1. The third-order valence-corrected chi connectivity index (χ3v) is 4.16. The van der Waals surface area contributed by atoms with Crippen molar-refractivity contribution in [3.8, 4) is 0 Å². The van der Waals surface area contributed by atoms with E-state index >= 15 is 0 Å². The lowest BCUT2D eigenvalue weighted by Crippen LogP contribution is -2.32. The molecule has 0 amide bonds. The Hall–Kier alpha value is -0.820. The molecule has 0 saturated carbocycles. The molecule has 1 atom stereocenters. The van der Waals surface area contributed by atoms with Crippen molar-refractivity contribution < 1.29 is 0 Å². The zero-order chi connectivity index (χ0) is 13.6. The summed E-state index contributed by atoms with van der Waals surface area (Å²) in [6.45, 7) is 11.6. The molecule has 100 valence electrons. The van der Waals surface area contributed by atoms with E-state index in [2.05, 4.69) is 65.2 Å². The molecule has 0 heterocycles. The normalized spacial score (nSPS) is 22.7. The quantitative estimate of drug-likeness (QED) is 0.781.